The molecule has 2 heterocycles. The SMILES string of the molecule is CCn1cnnc1CNc1cc(N)nc(COC)n1. The van der Waals surface area contributed by atoms with Gasteiger partial charge in [0, 0.05) is 19.7 Å². The molecule has 0 radical (unpaired) electrons. The average Bonchev–Trinajstić information content (AvgIpc) is 2.83. The van der Waals surface area contributed by atoms with Crippen LogP contribution in [0, 0.1) is 0 Å². The molecule has 2 rings (SSSR count). The highest BCUT2D eigenvalue weighted by Gasteiger charge is 2.05. The normalized spacial score (nSPS) is 10.6. The van der Waals surface area contributed by atoms with Crippen molar-refractivity contribution in [1.82, 2.24) is 24.7 Å². The molecule has 0 saturated heterocycles. The molecule has 8 heteroatoms. The Bertz CT molecular complexity index is 540. The fourth-order valence-electron chi connectivity index (χ4n) is 1.65. The average molecular weight is 263 g/mol. The predicted octanol–water partition coefficient (Wildman–Crippen LogP) is 0.429. The van der Waals surface area contributed by atoms with Crippen LogP contribution >= 0.6 is 0 Å². The first kappa shape index (κ1) is 13.2. The van der Waals surface area contributed by atoms with Crippen LogP contribution in [0.25, 0.3) is 0 Å². The van der Waals surface area contributed by atoms with Crippen molar-refractivity contribution in [2.75, 3.05) is 18.2 Å². The Hall–Kier alpha value is -2.22. The van der Waals surface area contributed by atoms with Crippen LogP contribution in [0.5, 0.6) is 0 Å². The zero-order chi connectivity index (χ0) is 13.7. The number of nitrogens with two attached hydrogens (primary N) is 1. The molecule has 2 aromatic rings. The Morgan fingerprint density at radius 1 is 1.42 bits per heavy atom. The lowest BCUT2D eigenvalue weighted by Crippen LogP contribution is -2.10. The molecule has 0 atom stereocenters. The van der Waals surface area contributed by atoms with Gasteiger partial charge in [0.05, 0.1) is 6.54 Å². The van der Waals surface area contributed by atoms with Gasteiger partial charge in [-0.2, -0.15) is 0 Å². The molecule has 0 aromatic carbocycles. The summed E-state index contributed by atoms with van der Waals surface area (Å²) in [5.41, 5.74) is 5.71. The third-order valence-corrected chi connectivity index (χ3v) is 2.53. The summed E-state index contributed by atoms with van der Waals surface area (Å²) >= 11 is 0. The van der Waals surface area contributed by atoms with E-state index < -0.39 is 0 Å². The van der Waals surface area contributed by atoms with Crippen molar-refractivity contribution in [1.29, 1.82) is 0 Å². The van der Waals surface area contributed by atoms with Crippen LogP contribution in [0.3, 0.4) is 0 Å². The van der Waals surface area contributed by atoms with Gasteiger partial charge in [-0.3, -0.25) is 0 Å². The third kappa shape index (κ3) is 3.38. The van der Waals surface area contributed by atoms with Gasteiger partial charge in [0.15, 0.2) is 11.6 Å². The minimum Gasteiger partial charge on any atom is -0.384 e. The Balaban J connectivity index is 2.06. The molecule has 0 amide bonds. The largest absolute Gasteiger partial charge is 0.384 e. The first-order valence-corrected chi connectivity index (χ1v) is 5.95. The molecule has 8 nitrogen and oxygen atoms in total. The van der Waals surface area contributed by atoms with Crippen LogP contribution < -0.4 is 11.1 Å². The van der Waals surface area contributed by atoms with Crippen molar-refractivity contribution in [3.05, 3.63) is 24.0 Å². The number of aromatic nitrogens is 5. The molecule has 102 valence electrons. The molecule has 0 spiro atoms. The fourth-order valence-corrected chi connectivity index (χ4v) is 1.65. The first-order chi connectivity index (χ1) is 9.22. The van der Waals surface area contributed by atoms with E-state index in [1.807, 2.05) is 11.5 Å². The summed E-state index contributed by atoms with van der Waals surface area (Å²) in [4.78, 5) is 8.36. The number of aryl methyl sites for hydroxylation is 1. The van der Waals surface area contributed by atoms with Crippen LogP contribution in [-0.2, 0) is 24.4 Å². The van der Waals surface area contributed by atoms with E-state index in [4.69, 9.17) is 10.5 Å². The number of nitrogens with one attached hydrogen (secondary N) is 1. The number of hydrogen-bond acceptors (Lipinski definition) is 7. The summed E-state index contributed by atoms with van der Waals surface area (Å²) in [5.74, 6) is 2.43. The molecular weight excluding hydrogens is 246 g/mol. The summed E-state index contributed by atoms with van der Waals surface area (Å²) in [6, 6.07) is 1.67. The van der Waals surface area contributed by atoms with Crippen molar-refractivity contribution in [3.8, 4) is 0 Å². The Kier molecular flexibility index (Phi) is 4.24. The topological polar surface area (TPSA) is 104 Å². The number of nitrogen functional groups attached to an aromatic ring is 1. The zero-order valence-corrected chi connectivity index (χ0v) is 11.0. The zero-order valence-electron chi connectivity index (χ0n) is 11.0. The lowest BCUT2D eigenvalue weighted by Gasteiger charge is -2.08. The van der Waals surface area contributed by atoms with Crippen molar-refractivity contribution in [2.45, 2.75) is 26.6 Å². The van der Waals surface area contributed by atoms with Crippen molar-refractivity contribution >= 4 is 11.6 Å². The van der Waals surface area contributed by atoms with Crippen molar-refractivity contribution in [3.63, 3.8) is 0 Å². The third-order valence-electron chi connectivity index (χ3n) is 2.53. The summed E-state index contributed by atoms with van der Waals surface area (Å²) in [6.07, 6.45) is 1.70. The molecule has 0 fully saturated rings. The number of nitrogens with zero attached hydrogens (tertiary/aromatic N) is 5. The summed E-state index contributed by atoms with van der Waals surface area (Å²) in [5, 5.41) is 11.1. The number of rotatable bonds is 6. The van der Waals surface area contributed by atoms with Crippen LogP contribution in [0.2, 0.25) is 0 Å². The van der Waals surface area contributed by atoms with Crippen LogP contribution in [0.15, 0.2) is 12.4 Å². The molecule has 19 heavy (non-hydrogen) atoms. The number of methoxy groups -OCH3 is 1. The maximum Gasteiger partial charge on any atom is 0.158 e. The van der Waals surface area contributed by atoms with Gasteiger partial charge in [-0.15, -0.1) is 10.2 Å². The summed E-state index contributed by atoms with van der Waals surface area (Å²) in [7, 11) is 1.59. The maximum atomic E-state index is 5.71. The molecule has 2 aromatic heterocycles. The molecule has 3 N–H and O–H groups in total. The van der Waals surface area contributed by atoms with E-state index in [2.05, 4.69) is 25.5 Å². The van der Waals surface area contributed by atoms with Gasteiger partial charge >= 0.3 is 0 Å². The minimum atomic E-state index is 0.324. The highest BCUT2D eigenvalue weighted by Crippen LogP contribution is 2.10. The van der Waals surface area contributed by atoms with E-state index in [0.29, 0.717) is 30.6 Å². The fraction of sp³-hybridized carbons (Fsp3) is 0.455. The second-order valence-electron chi connectivity index (χ2n) is 3.91. The number of ether oxygens (including phenoxy) is 1. The second-order valence-corrected chi connectivity index (χ2v) is 3.91. The minimum absolute atomic E-state index is 0.324. The molecule has 0 unspecified atom stereocenters. The first-order valence-electron chi connectivity index (χ1n) is 5.95. The highest BCUT2D eigenvalue weighted by atomic mass is 16.5. The van der Waals surface area contributed by atoms with Crippen LogP contribution in [-0.4, -0.2) is 31.8 Å². The van der Waals surface area contributed by atoms with E-state index >= 15 is 0 Å². The van der Waals surface area contributed by atoms with Crippen LogP contribution in [0.4, 0.5) is 11.6 Å². The van der Waals surface area contributed by atoms with Crippen molar-refractivity contribution in [2.24, 2.45) is 0 Å². The molecule has 0 saturated carbocycles. The highest BCUT2D eigenvalue weighted by molar-refractivity contribution is 5.44. The van der Waals surface area contributed by atoms with Gasteiger partial charge in [0.2, 0.25) is 0 Å². The maximum absolute atomic E-state index is 5.71. The number of anilines is 2. The lowest BCUT2D eigenvalue weighted by molar-refractivity contribution is 0.178. The monoisotopic (exact) mass is 263 g/mol. The molecule has 0 aliphatic carbocycles. The molecule has 0 aliphatic heterocycles. The smallest absolute Gasteiger partial charge is 0.158 e. The Labute approximate surface area is 111 Å². The van der Waals surface area contributed by atoms with Gasteiger partial charge in [0.25, 0.3) is 0 Å². The van der Waals surface area contributed by atoms with E-state index in [0.717, 1.165) is 12.4 Å². The van der Waals surface area contributed by atoms with E-state index in [1.165, 1.54) is 0 Å². The van der Waals surface area contributed by atoms with Crippen molar-refractivity contribution < 1.29 is 4.74 Å². The summed E-state index contributed by atoms with van der Waals surface area (Å²) < 4.78 is 6.94. The van der Waals surface area contributed by atoms with Gasteiger partial charge in [-0.05, 0) is 6.92 Å². The van der Waals surface area contributed by atoms with Crippen LogP contribution in [0.1, 0.15) is 18.6 Å². The predicted molar refractivity (Wildman–Crippen MR) is 70.2 cm³/mol. The Morgan fingerprint density at radius 2 is 2.26 bits per heavy atom. The molecule has 0 bridgehead atoms. The van der Waals surface area contributed by atoms with Gasteiger partial charge < -0.3 is 20.4 Å². The molecule has 0 aliphatic rings. The standard InChI is InChI=1S/C11H17N7O/c1-3-18-7-14-17-11(18)5-13-9-4-8(12)15-10(16-9)6-19-2/h4,7H,3,5-6H2,1-2H3,(H3,12,13,15,16). The number of hydrogen-bond donors (Lipinski definition) is 2. The Morgan fingerprint density at radius 3 is 3.00 bits per heavy atom. The lowest BCUT2D eigenvalue weighted by atomic mass is 10.4. The van der Waals surface area contributed by atoms with E-state index in [1.54, 1.807) is 19.5 Å². The quantitative estimate of drug-likeness (QED) is 0.778. The van der Waals surface area contributed by atoms with E-state index in [9.17, 15) is 0 Å². The molecular formula is C11H17N7O. The van der Waals surface area contributed by atoms with Gasteiger partial charge in [0.1, 0.15) is 24.6 Å². The summed E-state index contributed by atoms with van der Waals surface area (Å²) in [6.45, 7) is 3.71. The van der Waals surface area contributed by atoms with Gasteiger partial charge in [-0.25, -0.2) is 9.97 Å². The van der Waals surface area contributed by atoms with E-state index in [-0.39, 0.29) is 0 Å². The van der Waals surface area contributed by atoms with Gasteiger partial charge in [-0.1, -0.05) is 0 Å². The second kappa shape index (κ2) is 6.10.